The lowest BCUT2D eigenvalue weighted by Crippen LogP contribution is -2.45. The summed E-state index contributed by atoms with van der Waals surface area (Å²) in [7, 11) is 0. The van der Waals surface area contributed by atoms with Gasteiger partial charge in [-0.15, -0.1) is 0 Å². The summed E-state index contributed by atoms with van der Waals surface area (Å²) in [5, 5.41) is 9.96. The van der Waals surface area contributed by atoms with Crippen molar-refractivity contribution < 1.29 is 24.2 Å². The number of ether oxygens (including phenoxy) is 1. The highest BCUT2D eigenvalue weighted by Gasteiger charge is 2.54. The highest BCUT2D eigenvalue weighted by Crippen LogP contribution is 2.34. The molecule has 0 spiro atoms. The van der Waals surface area contributed by atoms with Crippen LogP contribution in [0.2, 0.25) is 0 Å². The van der Waals surface area contributed by atoms with Crippen molar-refractivity contribution in [2.75, 3.05) is 6.61 Å². The van der Waals surface area contributed by atoms with E-state index >= 15 is 0 Å². The number of imide groups is 1. The number of esters is 1. The molecule has 0 aromatic heterocycles. The van der Waals surface area contributed by atoms with Crippen molar-refractivity contribution in [2.24, 2.45) is 11.8 Å². The summed E-state index contributed by atoms with van der Waals surface area (Å²) >= 11 is 0. The van der Waals surface area contributed by atoms with Gasteiger partial charge in [-0.05, 0) is 39.2 Å². The van der Waals surface area contributed by atoms with E-state index in [0.29, 0.717) is 12.8 Å². The largest absolute Gasteiger partial charge is 0.459 e. The van der Waals surface area contributed by atoms with Gasteiger partial charge < -0.3 is 9.84 Å². The van der Waals surface area contributed by atoms with Crippen molar-refractivity contribution in [1.82, 2.24) is 4.90 Å². The molecule has 0 bridgehead atoms. The van der Waals surface area contributed by atoms with E-state index in [1.807, 2.05) is 30.3 Å². The van der Waals surface area contributed by atoms with E-state index in [2.05, 4.69) is 6.92 Å². The van der Waals surface area contributed by atoms with Crippen LogP contribution in [0.1, 0.15) is 65.4 Å². The predicted octanol–water partition coefficient (Wildman–Crippen LogP) is 3.50. The Labute approximate surface area is 179 Å². The second kappa shape index (κ2) is 10.7. The zero-order valence-electron chi connectivity index (χ0n) is 18.6. The molecule has 3 atom stereocenters. The lowest BCUT2D eigenvalue weighted by atomic mass is 9.89. The lowest BCUT2D eigenvalue weighted by Gasteiger charge is -2.25. The molecule has 2 amide bonds. The first-order valence-corrected chi connectivity index (χ1v) is 10.9. The van der Waals surface area contributed by atoms with Crippen molar-refractivity contribution in [1.29, 1.82) is 0 Å². The molecule has 2 rings (SSSR count). The Hall–Kier alpha value is -2.21. The van der Waals surface area contributed by atoms with Crippen LogP contribution in [0, 0.1) is 11.8 Å². The molecule has 1 aromatic carbocycles. The molecule has 0 saturated carbocycles. The summed E-state index contributed by atoms with van der Waals surface area (Å²) in [6.07, 6.45) is 4.63. The molecule has 30 heavy (non-hydrogen) atoms. The van der Waals surface area contributed by atoms with Gasteiger partial charge in [0.05, 0.1) is 18.6 Å². The van der Waals surface area contributed by atoms with Gasteiger partial charge in [-0.25, -0.2) is 0 Å². The molecule has 1 fully saturated rings. The number of aliphatic hydroxyl groups is 1. The number of aliphatic hydroxyl groups excluding tert-OH is 1. The number of nitrogens with zero attached hydrogens (tertiary/aromatic N) is 1. The Kier molecular flexibility index (Phi) is 8.59. The van der Waals surface area contributed by atoms with Crippen molar-refractivity contribution in [3.63, 3.8) is 0 Å². The van der Waals surface area contributed by atoms with Crippen molar-refractivity contribution in [3.05, 3.63) is 35.9 Å². The number of rotatable bonds is 10. The number of benzene rings is 1. The highest BCUT2D eigenvalue weighted by molar-refractivity contribution is 6.14. The van der Waals surface area contributed by atoms with Crippen LogP contribution in [0.15, 0.2) is 30.3 Å². The fourth-order valence-corrected chi connectivity index (χ4v) is 3.95. The normalized spacial score (nSPS) is 20.5. The average Bonchev–Trinajstić information content (AvgIpc) is 2.93. The maximum atomic E-state index is 13.2. The molecular formula is C24H35NO5. The standard InChI is InChI=1S/C24H35NO5/c1-5-6-7-11-14-19-20(23(29)30-24(2,3)4)22(28)25(21(19)27)18(16-26)15-17-12-9-8-10-13-17/h8-10,12-13,18-20,26H,5-7,11,14-16H2,1-4H3/t18-,19+,20+/m0/s1. The van der Waals surface area contributed by atoms with E-state index in [1.54, 1.807) is 20.8 Å². The van der Waals surface area contributed by atoms with Gasteiger partial charge in [0.1, 0.15) is 11.5 Å². The van der Waals surface area contributed by atoms with Crippen LogP contribution in [-0.2, 0) is 25.5 Å². The molecule has 0 aliphatic carbocycles. The van der Waals surface area contributed by atoms with Crippen LogP contribution >= 0.6 is 0 Å². The molecule has 6 heteroatoms. The minimum Gasteiger partial charge on any atom is -0.459 e. The summed E-state index contributed by atoms with van der Waals surface area (Å²) in [5.41, 5.74) is 0.165. The Morgan fingerprint density at radius 1 is 1.10 bits per heavy atom. The van der Waals surface area contributed by atoms with Crippen LogP contribution in [-0.4, -0.2) is 46.0 Å². The minimum absolute atomic E-state index is 0.346. The van der Waals surface area contributed by atoms with Gasteiger partial charge in [-0.2, -0.15) is 0 Å². The van der Waals surface area contributed by atoms with Gasteiger partial charge in [0.15, 0.2) is 0 Å². The maximum Gasteiger partial charge on any atom is 0.319 e. The number of hydrogen-bond donors (Lipinski definition) is 1. The topological polar surface area (TPSA) is 83.9 Å². The van der Waals surface area contributed by atoms with Crippen LogP contribution in [0.25, 0.3) is 0 Å². The van der Waals surface area contributed by atoms with Gasteiger partial charge >= 0.3 is 5.97 Å². The number of hydrogen-bond acceptors (Lipinski definition) is 5. The van der Waals surface area contributed by atoms with Gasteiger partial charge in [0.25, 0.3) is 0 Å². The van der Waals surface area contributed by atoms with Gasteiger partial charge in [0, 0.05) is 0 Å². The number of unbranched alkanes of at least 4 members (excludes halogenated alkanes) is 3. The second-order valence-corrected chi connectivity index (χ2v) is 9.04. The molecule has 166 valence electrons. The van der Waals surface area contributed by atoms with E-state index in [1.165, 1.54) is 0 Å². The quantitative estimate of drug-likeness (QED) is 0.273. The van der Waals surface area contributed by atoms with E-state index in [-0.39, 0.29) is 12.5 Å². The zero-order valence-corrected chi connectivity index (χ0v) is 18.6. The number of likely N-dealkylation sites (tertiary alicyclic amines) is 1. The third-order valence-electron chi connectivity index (χ3n) is 5.38. The molecular weight excluding hydrogens is 382 g/mol. The summed E-state index contributed by atoms with van der Waals surface area (Å²) < 4.78 is 5.48. The highest BCUT2D eigenvalue weighted by atomic mass is 16.6. The van der Waals surface area contributed by atoms with E-state index in [0.717, 1.165) is 36.1 Å². The SMILES string of the molecule is CCCCCC[C@H]1C(=O)N([C@H](CO)Cc2ccccc2)C(=O)[C@@H]1C(=O)OC(C)(C)C. The van der Waals surface area contributed by atoms with Gasteiger partial charge in [0.2, 0.25) is 11.8 Å². The molecule has 1 aliphatic rings. The predicted molar refractivity (Wildman–Crippen MR) is 114 cm³/mol. The Balaban J connectivity index is 2.26. The molecule has 1 saturated heterocycles. The average molecular weight is 418 g/mol. The molecule has 0 radical (unpaired) electrons. The molecule has 0 unspecified atom stereocenters. The molecule has 6 nitrogen and oxygen atoms in total. The van der Waals surface area contributed by atoms with Gasteiger partial charge in [-0.3, -0.25) is 19.3 Å². The summed E-state index contributed by atoms with van der Waals surface area (Å²) in [5.74, 6) is -3.44. The first-order chi connectivity index (χ1) is 14.2. The van der Waals surface area contributed by atoms with E-state index in [9.17, 15) is 19.5 Å². The fourth-order valence-electron chi connectivity index (χ4n) is 3.95. The monoisotopic (exact) mass is 417 g/mol. The molecule has 1 aliphatic heterocycles. The van der Waals surface area contributed by atoms with Crippen LogP contribution in [0.3, 0.4) is 0 Å². The minimum atomic E-state index is -1.14. The van der Waals surface area contributed by atoms with Crippen molar-refractivity contribution in [3.8, 4) is 0 Å². The molecule has 1 heterocycles. The second-order valence-electron chi connectivity index (χ2n) is 9.04. The Bertz CT molecular complexity index is 725. The summed E-state index contributed by atoms with van der Waals surface area (Å²) in [6.45, 7) is 6.98. The number of carbonyl (C=O) groups is 3. The number of amides is 2. The van der Waals surface area contributed by atoms with Crippen molar-refractivity contribution in [2.45, 2.75) is 77.9 Å². The third kappa shape index (κ3) is 6.14. The Morgan fingerprint density at radius 3 is 2.33 bits per heavy atom. The maximum absolute atomic E-state index is 13.2. The van der Waals surface area contributed by atoms with E-state index in [4.69, 9.17) is 4.74 Å². The van der Waals surface area contributed by atoms with Gasteiger partial charge in [-0.1, -0.05) is 62.9 Å². The molecule has 1 aromatic rings. The van der Waals surface area contributed by atoms with E-state index < -0.39 is 35.4 Å². The van der Waals surface area contributed by atoms with Crippen LogP contribution in [0.5, 0.6) is 0 Å². The van der Waals surface area contributed by atoms with Crippen molar-refractivity contribution >= 4 is 17.8 Å². The first-order valence-electron chi connectivity index (χ1n) is 10.9. The summed E-state index contributed by atoms with van der Waals surface area (Å²) in [4.78, 5) is 40.4. The smallest absolute Gasteiger partial charge is 0.319 e. The fraction of sp³-hybridized carbons (Fsp3) is 0.625. The van der Waals surface area contributed by atoms with Crippen LogP contribution < -0.4 is 0 Å². The number of carbonyl (C=O) groups excluding carboxylic acids is 3. The summed E-state index contributed by atoms with van der Waals surface area (Å²) in [6, 6.07) is 8.71. The zero-order chi connectivity index (χ0) is 22.3. The Morgan fingerprint density at radius 2 is 1.77 bits per heavy atom. The molecule has 1 N–H and O–H groups in total. The van der Waals surface area contributed by atoms with Crippen LogP contribution in [0.4, 0.5) is 0 Å². The first kappa shape index (κ1) is 24.1. The lowest BCUT2D eigenvalue weighted by molar-refractivity contribution is -0.164. The third-order valence-corrected chi connectivity index (χ3v) is 5.38.